The Morgan fingerprint density at radius 1 is 1.64 bits per heavy atom. The topological polar surface area (TPSA) is 51.0 Å². The zero-order valence-corrected chi connectivity index (χ0v) is 8.26. The zero-order valence-electron chi connectivity index (χ0n) is 8.26. The maximum absolute atomic E-state index is 10.4. The van der Waals surface area contributed by atoms with Gasteiger partial charge in [-0.3, -0.25) is 4.79 Å². The summed E-state index contributed by atoms with van der Waals surface area (Å²) in [5.74, 6) is 0. The summed E-state index contributed by atoms with van der Waals surface area (Å²) in [7, 11) is 2.10. The maximum Gasteiger partial charge on any atom is 0.171 e. The number of rotatable bonds is 2. The van der Waals surface area contributed by atoms with Crippen molar-refractivity contribution in [3.05, 3.63) is 11.9 Å². The van der Waals surface area contributed by atoms with Crippen LogP contribution in [-0.4, -0.2) is 46.3 Å². The molecule has 0 radical (unpaired) electrons. The highest BCUT2D eigenvalue weighted by molar-refractivity contribution is 5.70. The first kappa shape index (κ1) is 9.33. The van der Waals surface area contributed by atoms with Crippen LogP contribution in [0.4, 0.5) is 0 Å². The lowest BCUT2D eigenvalue weighted by molar-refractivity contribution is 0.111. The highest BCUT2D eigenvalue weighted by Crippen LogP contribution is 2.18. The molecule has 1 atom stereocenters. The highest BCUT2D eigenvalue weighted by atomic mass is 16.1. The summed E-state index contributed by atoms with van der Waals surface area (Å²) >= 11 is 0. The molecule has 0 aliphatic carbocycles. The van der Waals surface area contributed by atoms with E-state index in [9.17, 15) is 4.79 Å². The van der Waals surface area contributed by atoms with Crippen LogP contribution in [0.25, 0.3) is 0 Å². The number of likely N-dealkylation sites (N-methyl/N-ethyl adjacent to an activating group) is 1. The Morgan fingerprint density at radius 2 is 2.50 bits per heavy atom. The summed E-state index contributed by atoms with van der Waals surface area (Å²) in [5, 5.41) is 7.72. The lowest BCUT2D eigenvalue weighted by Gasteiger charge is -2.29. The summed E-state index contributed by atoms with van der Waals surface area (Å²) in [6.45, 7) is 2.13. The van der Waals surface area contributed by atoms with E-state index in [4.69, 9.17) is 0 Å². The van der Waals surface area contributed by atoms with Gasteiger partial charge in [0.15, 0.2) is 6.29 Å². The van der Waals surface area contributed by atoms with E-state index in [0.29, 0.717) is 11.7 Å². The van der Waals surface area contributed by atoms with Crippen LogP contribution in [0.3, 0.4) is 0 Å². The fraction of sp³-hybridized carbons (Fsp3) is 0.667. The lowest BCUT2D eigenvalue weighted by Crippen LogP contribution is -2.33. The van der Waals surface area contributed by atoms with Gasteiger partial charge in [-0.25, -0.2) is 4.68 Å². The number of carbonyl (C=O) groups excluding carboxylic acids is 1. The molecule has 1 aliphatic rings. The van der Waals surface area contributed by atoms with E-state index in [1.54, 1.807) is 10.9 Å². The average Bonchev–Trinajstić information content (AvgIpc) is 2.66. The Bertz CT molecular complexity index is 322. The summed E-state index contributed by atoms with van der Waals surface area (Å²) < 4.78 is 1.80. The quantitative estimate of drug-likeness (QED) is 0.638. The molecular formula is C9H14N4O. The normalized spacial score (nSPS) is 23.6. The maximum atomic E-state index is 10.4. The van der Waals surface area contributed by atoms with Crippen molar-refractivity contribution in [2.45, 2.75) is 18.9 Å². The van der Waals surface area contributed by atoms with Gasteiger partial charge >= 0.3 is 0 Å². The molecule has 1 aromatic rings. The van der Waals surface area contributed by atoms with E-state index in [0.717, 1.165) is 25.8 Å². The number of piperidine rings is 1. The van der Waals surface area contributed by atoms with Crippen LogP contribution in [0.2, 0.25) is 0 Å². The van der Waals surface area contributed by atoms with Crippen molar-refractivity contribution >= 4 is 6.29 Å². The van der Waals surface area contributed by atoms with E-state index in [-0.39, 0.29) is 0 Å². The van der Waals surface area contributed by atoms with Crippen LogP contribution >= 0.6 is 0 Å². The van der Waals surface area contributed by atoms with Crippen molar-refractivity contribution in [3.8, 4) is 0 Å². The van der Waals surface area contributed by atoms with Crippen molar-refractivity contribution in [2.24, 2.45) is 0 Å². The molecule has 2 heterocycles. The van der Waals surface area contributed by atoms with Crippen molar-refractivity contribution in [1.29, 1.82) is 0 Å². The van der Waals surface area contributed by atoms with Gasteiger partial charge in [0.1, 0.15) is 5.69 Å². The van der Waals surface area contributed by atoms with E-state index in [1.165, 1.54) is 6.42 Å². The van der Waals surface area contributed by atoms with E-state index in [1.807, 2.05) is 0 Å². The van der Waals surface area contributed by atoms with Crippen molar-refractivity contribution in [1.82, 2.24) is 19.9 Å². The SMILES string of the molecule is CN1CCC[C@H](n2cc(C=O)nn2)C1. The summed E-state index contributed by atoms with van der Waals surface area (Å²) in [4.78, 5) is 12.7. The molecule has 1 saturated heterocycles. The smallest absolute Gasteiger partial charge is 0.171 e. The number of aldehydes is 1. The second-order valence-corrected chi connectivity index (χ2v) is 3.80. The van der Waals surface area contributed by atoms with Gasteiger partial charge in [0.05, 0.1) is 12.2 Å². The fourth-order valence-corrected chi connectivity index (χ4v) is 1.88. The van der Waals surface area contributed by atoms with Crippen molar-refractivity contribution in [3.63, 3.8) is 0 Å². The number of aromatic nitrogens is 3. The first-order valence-electron chi connectivity index (χ1n) is 4.85. The van der Waals surface area contributed by atoms with Crippen LogP contribution < -0.4 is 0 Å². The molecule has 0 aromatic carbocycles. The Balaban J connectivity index is 2.09. The molecule has 0 spiro atoms. The molecule has 0 N–H and O–H groups in total. The van der Waals surface area contributed by atoms with Gasteiger partial charge in [0.25, 0.3) is 0 Å². The fourth-order valence-electron chi connectivity index (χ4n) is 1.88. The standard InChI is InChI=1S/C9H14N4O/c1-12-4-2-3-9(6-12)13-5-8(7-14)10-11-13/h5,7,9H,2-4,6H2,1H3/t9-/m0/s1. The molecule has 14 heavy (non-hydrogen) atoms. The highest BCUT2D eigenvalue weighted by Gasteiger charge is 2.19. The van der Waals surface area contributed by atoms with Crippen LogP contribution in [0.5, 0.6) is 0 Å². The van der Waals surface area contributed by atoms with Gasteiger partial charge in [0, 0.05) is 6.54 Å². The van der Waals surface area contributed by atoms with Crippen LogP contribution in [0, 0.1) is 0 Å². The Kier molecular flexibility index (Phi) is 2.58. The molecule has 1 aromatic heterocycles. The predicted octanol–water partition coefficient (Wildman–Crippen LogP) is 0.357. The average molecular weight is 194 g/mol. The third kappa shape index (κ3) is 1.82. The lowest BCUT2D eigenvalue weighted by atomic mass is 10.1. The molecule has 0 bridgehead atoms. The van der Waals surface area contributed by atoms with E-state index >= 15 is 0 Å². The van der Waals surface area contributed by atoms with Gasteiger partial charge in [0.2, 0.25) is 0 Å². The first-order chi connectivity index (χ1) is 6.79. The van der Waals surface area contributed by atoms with Gasteiger partial charge in [-0.15, -0.1) is 5.10 Å². The second-order valence-electron chi connectivity index (χ2n) is 3.80. The van der Waals surface area contributed by atoms with Gasteiger partial charge < -0.3 is 4.90 Å². The van der Waals surface area contributed by atoms with Crippen LogP contribution in [0.15, 0.2) is 6.20 Å². The van der Waals surface area contributed by atoms with Gasteiger partial charge in [-0.05, 0) is 26.4 Å². The molecule has 5 heteroatoms. The third-order valence-electron chi connectivity index (χ3n) is 2.62. The summed E-state index contributed by atoms with van der Waals surface area (Å²) in [6.07, 6.45) is 4.75. The molecule has 0 saturated carbocycles. The minimum Gasteiger partial charge on any atom is -0.304 e. The molecule has 2 rings (SSSR count). The number of nitrogens with zero attached hydrogens (tertiary/aromatic N) is 4. The molecule has 0 amide bonds. The van der Waals surface area contributed by atoms with E-state index < -0.39 is 0 Å². The zero-order chi connectivity index (χ0) is 9.97. The molecular weight excluding hydrogens is 180 g/mol. The summed E-state index contributed by atoms with van der Waals surface area (Å²) in [6, 6.07) is 0.370. The number of hydrogen-bond acceptors (Lipinski definition) is 4. The minimum absolute atomic E-state index is 0.370. The Morgan fingerprint density at radius 3 is 3.14 bits per heavy atom. The monoisotopic (exact) mass is 194 g/mol. The van der Waals surface area contributed by atoms with Crippen molar-refractivity contribution < 1.29 is 4.79 Å². The molecule has 1 aliphatic heterocycles. The number of carbonyl (C=O) groups is 1. The Labute approximate surface area is 82.7 Å². The number of hydrogen-bond donors (Lipinski definition) is 0. The van der Waals surface area contributed by atoms with Crippen LogP contribution in [-0.2, 0) is 0 Å². The molecule has 1 fully saturated rings. The largest absolute Gasteiger partial charge is 0.304 e. The van der Waals surface area contributed by atoms with E-state index in [2.05, 4.69) is 22.3 Å². The van der Waals surface area contributed by atoms with Gasteiger partial charge in [-0.1, -0.05) is 5.21 Å². The number of likely N-dealkylation sites (tertiary alicyclic amines) is 1. The minimum atomic E-state index is 0.370. The summed E-state index contributed by atoms with van der Waals surface area (Å²) in [5.41, 5.74) is 0.415. The van der Waals surface area contributed by atoms with Gasteiger partial charge in [-0.2, -0.15) is 0 Å². The Hall–Kier alpha value is -1.23. The third-order valence-corrected chi connectivity index (χ3v) is 2.62. The predicted molar refractivity (Wildman–Crippen MR) is 51.2 cm³/mol. The molecule has 76 valence electrons. The van der Waals surface area contributed by atoms with Crippen LogP contribution in [0.1, 0.15) is 29.4 Å². The second kappa shape index (κ2) is 3.88. The molecule has 5 nitrogen and oxygen atoms in total. The van der Waals surface area contributed by atoms with Crippen molar-refractivity contribution in [2.75, 3.05) is 20.1 Å². The molecule has 0 unspecified atom stereocenters. The first-order valence-corrected chi connectivity index (χ1v) is 4.85.